The van der Waals surface area contributed by atoms with Crippen molar-refractivity contribution in [2.75, 3.05) is 6.54 Å². The number of nitrogens with one attached hydrogen (secondary N) is 1. The van der Waals surface area contributed by atoms with Gasteiger partial charge in [0.15, 0.2) is 5.82 Å². The molecule has 118 valence electrons. The second-order valence-corrected chi connectivity index (χ2v) is 6.15. The lowest BCUT2D eigenvalue weighted by atomic mass is 10.1. The van der Waals surface area contributed by atoms with Crippen molar-refractivity contribution >= 4 is 0 Å². The molecule has 3 heterocycles. The van der Waals surface area contributed by atoms with Gasteiger partial charge in [-0.3, -0.25) is 0 Å². The molecular weight excluding hydrogens is 288 g/mol. The number of hydrogen-bond acceptors (Lipinski definition) is 4. The first kappa shape index (κ1) is 14.2. The van der Waals surface area contributed by atoms with Gasteiger partial charge < -0.3 is 14.4 Å². The highest BCUT2D eigenvalue weighted by atomic mass is 16.5. The first-order valence-electron chi connectivity index (χ1n) is 8.02. The van der Waals surface area contributed by atoms with Crippen LogP contribution in [0.1, 0.15) is 35.6 Å². The molecule has 3 aromatic rings. The third-order valence-corrected chi connectivity index (χ3v) is 4.38. The molecule has 0 fully saturated rings. The largest absolute Gasteiger partial charge is 0.338 e. The third kappa shape index (κ3) is 2.68. The van der Waals surface area contributed by atoms with Crippen LogP contribution < -0.4 is 5.32 Å². The predicted octanol–water partition coefficient (Wildman–Crippen LogP) is 3.10. The van der Waals surface area contributed by atoms with Gasteiger partial charge in [-0.15, -0.1) is 0 Å². The van der Waals surface area contributed by atoms with Crippen LogP contribution in [0.25, 0.3) is 11.6 Å². The van der Waals surface area contributed by atoms with Crippen LogP contribution in [-0.2, 0) is 13.0 Å². The van der Waals surface area contributed by atoms with E-state index in [1.807, 2.05) is 0 Å². The van der Waals surface area contributed by atoms with Crippen molar-refractivity contribution in [3.63, 3.8) is 0 Å². The van der Waals surface area contributed by atoms with E-state index < -0.39 is 0 Å². The number of nitrogens with zero attached hydrogens (tertiary/aromatic N) is 3. The summed E-state index contributed by atoms with van der Waals surface area (Å²) in [6.45, 7) is 6.15. The normalized spacial score (nSPS) is 17.2. The zero-order chi connectivity index (χ0) is 15.8. The van der Waals surface area contributed by atoms with Crippen molar-refractivity contribution in [2.45, 2.75) is 32.9 Å². The molecule has 2 aromatic heterocycles. The summed E-state index contributed by atoms with van der Waals surface area (Å²) in [6, 6.07) is 13.0. The molecule has 5 nitrogen and oxygen atoms in total. The van der Waals surface area contributed by atoms with Gasteiger partial charge in [0.25, 0.3) is 5.89 Å². The van der Waals surface area contributed by atoms with Crippen LogP contribution in [0.2, 0.25) is 0 Å². The molecule has 0 aliphatic carbocycles. The van der Waals surface area contributed by atoms with Crippen LogP contribution in [0.5, 0.6) is 0 Å². The number of aromatic nitrogens is 3. The molecule has 1 unspecified atom stereocenters. The van der Waals surface area contributed by atoms with Crippen molar-refractivity contribution in [3.8, 4) is 11.6 Å². The molecule has 0 saturated heterocycles. The van der Waals surface area contributed by atoms with Crippen LogP contribution in [0, 0.1) is 6.92 Å². The average Bonchev–Trinajstić information content (AvgIpc) is 3.14. The highest BCUT2D eigenvalue weighted by molar-refractivity contribution is 5.50. The van der Waals surface area contributed by atoms with Crippen LogP contribution >= 0.6 is 0 Å². The molecule has 0 spiro atoms. The highest BCUT2D eigenvalue weighted by Gasteiger charge is 2.21. The zero-order valence-corrected chi connectivity index (χ0v) is 13.4. The molecule has 5 heteroatoms. The van der Waals surface area contributed by atoms with E-state index in [-0.39, 0.29) is 0 Å². The van der Waals surface area contributed by atoms with Gasteiger partial charge in [-0.25, -0.2) is 0 Å². The fraction of sp³-hybridized carbons (Fsp3) is 0.333. The lowest BCUT2D eigenvalue weighted by Gasteiger charge is -2.24. The maximum Gasteiger partial charge on any atom is 0.274 e. The number of hydrogen-bond donors (Lipinski definition) is 1. The Balaban J connectivity index is 1.61. The van der Waals surface area contributed by atoms with Gasteiger partial charge in [0.2, 0.25) is 0 Å². The minimum atomic E-state index is 0.354. The van der Waals surface area contributed by atoms with E-state index >= 15 is 0 Å². The van der Waals surface area contributed by atoms with Crippen LogP contribution in [-0.4, -0.2) is 21.3 Å². The molecular formula is C18H20N4O. The number of rotatable bonds is 3. The van der Waals surface area contributed by atoms with Gasteiger partial charge in [-0.1, -0.05) is 35.0 Å². The van der Waals surface area contributed by atoms with Crippen molar-refractivity contribution < 1.29 is 4.52 Å². The molecule has 0 bridgehead atoms. The predicted molar refractivity (Wildman–Crippen MR) is 88.1 cm³/mol. The first-order chi connectivity index (χ1) is 11.2. The standard InChI is InChI=1S/C18H20N4O/c1-12-4-3-5-14(10-12)11-17-20-18(23-21-17)16-7-6-15-13(2)19-8-9-22(15)16/h3-7,10,13,19H,8-9,11H2,1-2H3. The Morgan fingerprint density at radius 1 is 1.30 bits per heavy atom. The molecule has 1 aromatic carbocycles. The maximum absolute atomic E-state index is 5.51. The quantitative estimate of drug-likeness (QED) is 0.808. The average molecular weight is 308 g/mol. The topological polar surface area (TPSA) is 55.9 Å². The SMILES string of the molecule is Cc1cccc(Cc2noc(-c3ccc4n3CCNC4C)n2)c1. The molecule has 4 rings (SSSR count). The Bertz CT molecular complexity index is 833. The lowest BCUT2D eigenvalue weighted by molar-refractivity contribution is 0.412. The molecule has 0 saturated carbocycles. The van der Waals surface area contributed by atoms with Crippen LogP contribution in [0.4, 0.5) is 0 Å². The van der Waals surface area contributed by atoms with Gasteiger partial charge in [0.1, 0.15) is 5.69 Å². The van der Waals surface area contributed by atoms with Gasteiger partial charge in [0.05, 0.1) is 0 Å². The first-order valence-corrected chi connectivity index (χ1v) is 8.02. The summed E-state index contributed by atoms with van der Waals surface area (Å²) < 4.78 is 7.78. The van der Waals surface area contributed by atoms with Crippen LogP contribution in [0.3, 0.4) is 0 Å². The van der Waals surface area contributed by atoms with E-state index in [0.29, 0.717) is 18.4 Å². The molecule has 0 amide bonds. The summed E-state index contributed by atoms with van der Waals surface area (Å²) in [4.78, 5) is 4.59. The van der Waals surface area contributed by atoms with E-state index in [1.54, 1.807) is 0 Å². The molecule has 0 radical (unpaired) electrons. The van der Waals surface area contributed by atoms with Crippen molar-refractivity contribution in [1.29, 1.82) is 0 Å². The molecule has 1 aliphatic heterocycles. The fourth-order valence-corrected chi connectivity index (χ4v) is 3.23. The summed E-state index contributed by atoms with van der Waals surface area (Å²) in [5.41, 5.74) is 4.72. The number of aryl methyl sites for hydroxylation is 1. The molecule has 23 heavy (non-hydrogen) atoms. The Morgan fingerprint density at radius 3 is 3.09 bits per heavy atom. The van der Waals surface area contributed by atoms with Crippen molar-refractivity contribution in [2.24, 2.45) is 0 Å². The maximum atomic E-state index is 5.51. The van der Waals surface area contributed by atoms with Gasteiger partial charge >= 0.3 is 0 Å². The fourth-order valence-electron chi connectivity index (χ4n) is 3.23. The molecule has 1 N–H and O–H groups in total. The van der Waals surface area contributed by atoms with E-state index in [1.165, 1.54) is 16.8 Å². The monoisotopic (exact) mass is 308 g/mol. The Kier molecular flexibility index (Phi) is 3.50. The number of benzene rings is 1. The summed E-state index contributed by atoms with van der Waals surface area (Å²) in [5, 5.41) is 7.61. The van der Waals surface area contributed by atoms with Gasteiger partial charge in [-0.05, 0) is 31.5 Å². The molecule has 1 aliphatic rings. The Morgan fingerprint density at radius 2 is 2.22 bits per heavy atom. The van der Waals surface area contributed by atoms with Crippen LogP contribution in [0.15, 0.2) is 40.9 Å². The van der Waals surface area contributed by atoms with E-state index in [9.17, 15) is 0 Å². The second kappa shape index (κ2) is 5.66. The Hall–Kier alpha value is -2.40. The minimum absolute atomic E-state index is 0.354. The minimum Gasteiger partial charge on any atom is -0.338 e. The zero-order valence-electron chi connectivity index (χ0n) is 13.4. The van der Waals surface area contributed by atoms with E-state index in [4.69, 9.17) is 4.52 Å². The van der Waals surface area contributed by atoms with Crippen molar-refractivity contribution in [3.05, 3.63) is 59.0 Å². The van der Waals surface area contributed by atoms with Gasteiger partial charge in [0, 0.05) is 31.2 Å². The summed E-state index contributed by atoms with van der Waals surface area (Å²) in [6.07, 6.45) is 0.691. The summed E-state index contributed by atoms with van der Waals surface area (Å²) >= 11 is 0. The third-order valence-electron chi connectivity index (χ3n) is 4.38. The molecule has 1 atom stereocenters. The Labute approximate surface area is 135 Å². The van der Waals surface area contributed by atoms with E-state index in [2.05, 4.69) is 70.3 Å². The van der Waals surface area contributed by atoms with Crippen molar-refractivity contribution in [1.82, 2.24) is 20.0 Å². The smallest absolute Gasteiger partial charge is 0.274 e. The lowest BCUT2D eigenvalue weighted by Crippen LogP contribution is -2.31. The van der Waals surface area contributed by atoms with E-state index in [0.717, 1.165) is 24.6 Å². The number of fused-ring (bicyclic) bond motifs is 1. The highest BCUT2D eigenvalue weighted by Crippen LogP contribution is 2.27. The summed E-state index contributed by atoms with van der Waals surface area (Å²) in [5.74, 6) is 1.33. The van der Waals surface area contributed by atoms with Gasteiger partial charge in [-0.2, -0.15) is 4.98 Å². The summed E-state index contributed by atoms with van der Waals surface area (Å²) in [7, 11) is 0. The second-order valence-electron chi connectivity index (χ2n) is 6.15.